The largest absolute Gasteiger partial charge is 0.497 e. The first-order valence-corrected chi connectivity index (χ1v) is 10.1. The van der Waals surface area contributed by atoms with Crippen molar-refractivity contribution in [3.8, 4) is 5.75 Å². The lowest BCUT2D eigenvalue weighted by molar-refractivity contribution is -0.0810. The number of aromatic nitrogens is 2. The molecule has 3 rings (SSSR count). The van der Waals surface area contributed by atoms with Crippen molar-refractivity contribution in [3.05, 3.63) is 62.9 Å². The first kappa shape index (κ1) is 24.1. The summed E-state index contributed by atoms with van der Waals surface area (Å²) in [6.07, 6.45) is -2.89. The number of aliphatic hydroxyl groups is 2. The molecule has 0 amide bonds. The van der Waals surface area contributed by atoms with Gasteiger partial charge in [0.05, 0.1) is 33.5 Å². The van der Waals surface area contributed by atoms with Gasteiger partial charge in [-0.2, -0.15) is 0 Å². The van der Waals surface area contributed by atoms with Crippen LogP contribution in [0.3, 0.4) is 0 Å². The van der Waals surface area contributed by atoms with Gasteiger partial charge in [0.15, 0.2) is 6.23 Å². The van der Waals surface area contributed by atoms with Crippen molar-refractivity contribution in [1.82, 2.24) is 9.13 Å². The van der Waals surface area contributed by atoms with Crippen LogP contribution in [0.5, 0.6) is 5.75 Å². The number of ether oxygens (including phenoxy) is 5. The third-order valence-electron chi connectivity index (χ3n) is 5.12. The van der Waals surface area contributed by atoms with E-state index in [4.69, 9.17) is 23.7 Å². The van der Waals surface area contributed by atoms with Crippen molar-refractivity contribution < 1.29 is 33.9 Å². The van der Waals surface area contributed by atoms with E-state index in [2.05, 4.69) is 0 Å². The van der Waals surface area contributed by atoms with Crippen molar-refractivity contribution in [3.63, 3.8) is 0 Å². The van der Waals surface area contributed by atoms with E-state index in [0.29, 0.717) is 12.4 Å². The highest BCUT2D eigenvalue weighted by molar-refractivity contribution is 5.26. The van der Waals surface area contributed by atoms with Crippen LogP contribution < -0.4 is 16.0 Å². The number of nitrogens with zero attached hydrogens (tertiary/aromatic N) is 2. The Bertz CT molecular complexity index is 972. The molecule has 2 aromatic rings. The third-order valence-corrected chi connectivity index (χ3v) is 5.12. The van der Waals surface area contributed by atoms with Crippen molar-refractivity contribution in [2.45, 2.75) is 37.9 Å². The van der Waals surface area contributed by atoms with Crippen LogP contribution >= 0.6 is 0 Å². The molecule has 2 N–H and O–H groups in total. The molecular formula is C21H28N2O9. The quantitative estimate of drug-likeness (QED) is 0.432. The van der Waals surface area contributed by atoms with Crippen molar-refractivity contribution in [2.24, 2.45) is 0 Å². The molecule has 32 heavy (non-hydrogen) atoms. The van der Waals surface area contributed by atoms with Crippen molar-refractivity contribution in [2.75, 3.05) is 34.0 Å². The monoisotopic (exact) mass is 452 g/mol. The molecule has 1 saturated heterocycles. The first-order chi connectivity index (χ1) is 15.5. The van der Waals surface area contributed by atoms with Crippen LogP contribution in [0, 0.1) is 0 Å². The summed E-state index contributed by atoms with van der Waals surface area (Å²) in [6, 6.07) is 8.37. The number of aliphatic hydroxyl groups excluding tert-OH is 2. The molecule has 2 heterocycles. The van der Waals surface area contributed by atoms with Gasteiger partial charge in [0, 0.05) is 19.4 Å². The topological polar surface area (TPSA) is 131 Å². The van der Waals surface area contributed by atoms with Crippen LogP contribution in [0.4, 0.5) is 0 Å². The average Bonchev–Trinajstić information content (AvgIpc) is 3.12. The lowest BCUT2D eigenvalue weighted by Gasteiger charge is -2.23. The Labute approximate surface area is 184 Å². The Morgan fingerprint density at radius 2 is 1.84 bits per heavy atom. The van der Waals surface area contributed by atoms with E-state index in [1.807, 2.05) is 12.1 Å². The van der Waals surface area contributed by atoms with Gasteiger partial charge in [-0.25, -0.2) is 9.36 Å². The van der Waals surface area contributed by atoms with Crippen LogP contribution in [0.1, 0.15) is 11.8 Å². The minimum absolute atomic E-state index is 0.123. The van der Waals surface area contributed by atoms with Crippen LogP contribution in [-0.2, 0) is 32.3 Å². The summed E-state index contributed by atoms with van der Waals surface area (Å²) in [7, 11) is 3.08. The molecule has 4 atom stereocenters. The fourth-order valence-electron chi connectivity index (χ4n) is 3.33. The van der Waals surface area contributed by atoms with E-state index < -0.39 is 42.4 Å². The summed E-state index contributed by atoms with van der Waals surface area (Å²) in [5, 5.41) is 20.2. The molecule has 1 aromatic carbocycles. The van der Waals surface area contributed by atoms with Gasteiger partial charge < -0.3 is 33.9 Å². The average molecular weight is 452 g/mol. The first-order valence-electron chi connectivity index (χ1n) is 10.1. The molecule has 11 heteroatoms. The number of hydrogen-bond acceptors (Lipinski definition) is 9. The maximum Gasteiger partial charge on any atom is 0.335 e. The van der Waals surface area contributed by atoms with Gasteiger partial charge in [0.2, 0.25) is 0 Å². The Kier molecular flexibility index (Phi) is 8.56. The minimum atomic E-state index is -1.19. The maximum atomic E-state index is 13.0. The predicted octanol–water partition coefficient (Wildman–Crippen LogP) is -0.525. The number of rotatable bonds is 11. The molecule has 1 aliphatic heterocycles. The lowest BCUT2D eigenvalue weighted by Crippen LogP contribution is -2.44. The van der Waals surface area contributed by atoms with Gasteiger partial charge in [-0.3, -0.25) is 9.36 Å². The molecule has 1 aromatic heterocycles. The van der Waals surface area contributed by atoms with E-state index in [1.54, 1.807) is 19.2 Å². The van der Waals surface area contributed by atoms with Gasteiger partial charge in [0.25, 0.3) is 5.56 Å². The Morgan fingerprint density at radius 3 is 2.50 bits per heavy atom. The number of benzene rings is 1. The Hall–Kier alpha value is -2.54. The molecule has 176 valence electrons. The van der Waals surface area contributed by atoms with Gasteiger partial charge in [-0.15, -0.1) is 0 Å². The van der Waals surface area contributed by atoms with Gasteiger partial charge in [-0.05, 0) is 17.7 Å². The normalized spacial score (nSPS) is 22.9. The number of hydrogen-bond donors (Lipinski definition) is 2. The highest BCUT2D eigenvalue weighted by Gasteiger charge is 2.45. The van der Waals surface area contributed by atoms with E-state index >= 15 is 0 Å². The second kappa shape index (κ2) is 11.4. The third kappa shape index (κ3) is 5.44. The van der Waals surface area contributed by atoms with Gasteiger partial charge in [0.1, 0.15) is 30.8 Å². The van der Waals surface area contributed by atoms with Gasteiger partial charge in [-0.1, -0.05) is 12.1 Å². The molecule has 4 unspecified atom stereocenters. The zero-order chi connectivity index (χ0) is 23.1. The molecule has 1 fully saturated rings. The molecule has 1 aliphatic rings. The summed E-state index contributed by atoms with van der Waals surface area (Å²) in [6.45, 7) is -0.0893. The Balaban J connectivity index is 1.81. The van der Waals surface area contributed by atoms with E-state index in [9.17, 15) is 19.8 Å². The summed E-state index contributed by atoms with van der Waals surface area (Å²) in [5.41, 5.74) is -0.423. The zero-order valence-corrected chi connectivity index (χ0v) is 18.0. The highest BCUT2D eigenvalue weighted by Crippen LogP contribution is 2.31. The fourth-order valence-corrected chi connectivity index (χ4v) is 3.33. The predicted molar refractivity (Wildman–Crippen MR) is 111 cm³/mol. The SMILES string of the molecule is COCCOCn1c(=O)ccn(C2OC(CO)C(O)C2OCc2ccc(OC)cc2)c1=O. The lowest BCUT2D eigenvalue weighted by atomic mass is 10.1. The molecule has 0 radical (unpaired) electrons. The smallest absolute Gasteiger partial charge is 0.335 e. The summed E-state index contributed by atoms with van der Waals surface area (Å²) < 4.78 is 29.0. The van der Waals surface area contributed by atoms with Crippen molar-refractivity contribution >= 4 is 0 Å². The Morgan fingerprint density at radius 1 is 1.09 bits per heavy atom. The summed E-state index contributed by atoms with van der Waals surface area (Å²) >= 11 is 0. The zero-order valence-electron chi connectivity index (χ0n) is 18.0. The molecule has 0 spiro atoms. The maximum absolute atomic E-state index is 13.0. The van der Waals surface area contributed by atoms with Crippen LogP contribution in [0.15, 0.2) is 46.1 Å². The van der Waals surface area contributed by atoms with Crippen LogP contribution in [0.25, 0.3) is 0 Å². The van der Waals surface area contributed by atoms with Crippen molar-refractivity contribution in [1.29, 1.82) is 0 Å². The van der Waals surface area contributed by atoms with E-state index in [1.165, 1.54) is 19.4 Å². The molecular weight excluding hydrogens is 424 g/mol. The van der Waals surface area contributed by atoms with E-state index in [-0.39, 0.29) is 19.9 Å². The highest BCUT2D eigenvalue weighted by atomic mass is 16.6. The number of methoxy groups -OCH3 is 2. The summed E-state index contributed by atoms with van der Waals surface area (Å²) in [5.74, 6) is 0.692. The van der Waals surface area contributed by atoms with Crippen LogP contribution in [0.2, 0.25) is 0 Å². The van der Waals surface area contributed by atoms with Crippen LogP contribution in [-0.4, -0.2) is 71.7 Å². The second-order valence-corrected chi connectivity index (χ2v) is 7.16. The molecule has 11 nitrogen and oxygen atoms in total. The second-order valence-electron chi connectivity index (χ2n) is 7.16. The summed E-state index contributed by atoms with van der Waals surface area (Å²) in [4.78, 5) is 25.1. The van der Waals surface area contributed by atoms with E-state index in [0.717, 1.165) is 14.7 Å². The molecule has 0 bridgehead atoms. The standard InChI is InChI=1S/C21H28N2O9/c1-28-9-10-30-13-23-17(25)7-8-22(21(23)27)20-19(18(26)16(11-24)32-20)31-12-14-3-5-15(29-2)6-4-14/h3-8,16,18-20,24,26H,9-13H2,1-2H3. The minimum Gasteiger partial charge on any atom is -0.497 e. The molecule has 0 aliphatic carbocycles. The molecule has 0 saturated carbocycles. The fraction of sp³-hybridized carbons (Fsp3) is 0.524. The van der Waals surface area contributed by atoms with Gasteiger partial charge >= 0.3 is 5.69 Å².